The summed E-state index contributed by atoms with van der Waals surface area (Å²) in [4.78, 5) is 0.824. The minimum atomic E-state index is -0.499. The molecule has 0 radical (unpaired) electrons. The second-order valence-electron chi connectivity index (χ2n) is 2.48. The lowest BCUT2D eigenvalue weighted by Crippen LogP contribution is -1.95. The molecule has 0 aromatic carbocycles. The van der Waals surface area contributed by atoms with Crippen molar-refractivity contribution in [3.8, 4) is 12.3 Å². The van der Waals surface area contributed by atoms with Crippen molar-refractivity contribution in [1.82, 2.24) is 9.59 Å². The average molecular weight is 182 g/mol. The number of aliphatic hydroxyl groups excluding tert-OH is 1. The van der Waals surface area contributed by atoms with E-state index in [1.807, 2.05) is 6.92 Å². The zero-order chi connectivity index (χ0) is 8.97. The van der Waals surface area contributed by atoms with Gasteiger partial charge in [-0.1, -0.05) is 4.49 Å². The number of aliphatic hydroxyl groups is 1. The lowest BCUT2D eigenvalue weighted by molar-refractivity contribution is 0.172. The molecule has 1 heterocycles. The summed E-state index contributed by atoms with van der Waals surface area (Å²) in [6.07, 6.45) is 5.75. The van der Waals surface area contributed by atoms with Crippen LogP contribution in [0.25, 0.3) is 0 Å². The quantitative estimate of drug-likeness (QED) is 0.716. The standard InChI is InChI=1S/C8H10N2OS/c1-3-4-5-7(11)8-6(2)9-10-12-8/h1,7,11H,4-5H2,2H3. The molecule has 0 saturated carbocycles. The Kier molecular flexibility index (Phi) is 3.20. The molecule has 3 nitrogen and oxygen atoms in total. The first kappa shape index (κ1) is 9.17. The highest BCUT2D eigenvalue weighted by atomic mass is 32.1. The summed E-state index contributed by atoms with van der Waals surface area (Å²) in [6.45, 7) is 1.83. The molecule has 12 heavy (non-hydrogen) atoms. The number of hydrogen-bond donors (Lipinski definition) is 1. The van der Waals surface area contributed by atoms with E-state index in [0.717, 1.165) is 10.6 Å². The van der Waals surface area contributed by atoms with E-state index in [0.29, 0.717) is 12.8 Å². The van der Waals surface area contributed by atoms with Gasteiger partial charge in [-0.15, -0.1) is 17.4 Å². The molecule has 0 aliphatic rings. The molecule has 0 fully saturated rings. The van der Waals surface area contributed by atoms with Crippen molar-refractivity contribution in [3.63, 3.8) is 0 Å². The fourth-order valence-electron chi connectivity index (χ4n) is 0.894. The Morgan fingerprint density at radius 2 is 2.50 bits per heavy atom. The summed E-state index contributed by atoms with van der Waals surface area (Å²) in [7, 11) is 0. The summed E-state index contributed by atoms with van der Waals surface area (Å²) in [5, 5.41) is 13.4. The van der Waals surface area contributed by atoms with Crippen LogP contribution in [0.5, 0.6) is 0 Å². The molecular formula is C8H10N2OS. The van der Waals surface area contributed by atoms with Gasteiger partial charge in [0.15, 0.2) is 0 Å². The highest BCUT2D eigenvalue weighted by Gasteiger charge is 2.12. The Labute approximate surface area is 75.6 Å². The topological polar surface area (TPSA) is 46.0 Å². The molecule has 0 bridgehead atoms. The van der Waals surface area contributed by atoms with Gasteiger partial charge in [0.1, 0.15) is 0 Å². The number of aromatic nitrogens is 2. The number of nitrogens with zero attached hydrogens (tertiary/aromatic N) is 2. The van der Waals surface area contributed by atoms with E-state index < -0.39 is 6.10 Å². The molecule has 1 N–H and O–H groups in total. The van der Waals surface area contributed by atoms with Crippen LogP contribution in [0.1, 0.15) is 29.5 Å². The van der Waals surface area contributed by atoms with Crippen molar-refractivity contribution in [2.45, 2.75) is 25.9 Å². The Morgan fingerprint density at radius 1 is 1.75 bits per heavy atom. The second kappa shape index (κ2) is 4.19. The molecule has 1 unspecified atom stereocenters. The number of aryl methyl sites for hydroxylation is 1. The molecule has 0 saturated heterocycles. The molecule has 1 aromatic heterocycles. The number of rotatable bonds is 3. The van der Waals surface area contributed by atoms with E-state index in [1.54, 1.807) is 0 Å². The molecule has 1 rings (SSSR count). The van der Waals surface area contributed by atoms with E-state index >= 15 is 0 Å². The predicted octanol–water partition coefficient (Wildman–Crippen LogP) is 1.29. The molecule has 0 amide bonds. The molecule has 1 atom stereocenters. The van der Waals surface area contributed by atoms with Crippen molar-refractivity contribution < 1.29 is 5.11 Å². The first-order chi connectivity index (χ1) is 5.75. The first-order valence-corrected chi connectivity index (χ1v) is 4.43. The fraction of sp³-hybridized carbons (Fsp3) is 0.500. The minimum Gasteiger partial charge on any atom is -0.387 e. The molecule has 0 aliphatic carbocycles. The van der Waals surface area contributed by atoms with Crippen LogP contribution < -0.4 is 0 Å². The highest BCUT2D eigenvalue weighted by molar-refractivity contribution is 7.05. The maximum absolute atomic E-state index is 9.56. The highest BCUT2D eigenvalue weighted by Crippen LogP contribution is 2.23. The van der Waals surface area contributed by atoms with Crippen LogP contribution in [-0.2, 0) is 0 Å². The summed E-state index contributed by atoms with van der Waals surface area (Å²) < 4.78 is 3.73. The zero-order valence-electron chi connectivity index (χ0n) is 6.82. The van der Waals surface area contributed by atoms with E-state index in [9.17, 15) is 5.11 Å². The molecule has 1 aromatic rings. The molecule has 64 valence electrons. The minimum absolute atomic E-state index is 0.499. The maximum Gasteiger partial charge on any atom is 0.0926 e. The summed E-state index contributed by atoms with van der Waals surface area (Å²) >= 11 is 1.23. The predicted molar refractivity (Wildman–Crippen MR) is 47.7 cm³/mol. The van der Waals surface area contributed by atoms with Crippen molar-refractivity contribution >= 4 is 11.5 Å². The van der Waals surface area contributed by atoms with Gasteiger partial charge < -0.3 is 5.11 Å². The van der Waals surface area contributed by atoms with E-state index in [1.165, 1.54) is 11.5 Å². The zero-order valence-corrected chi connectivity index (χ0v) is 7.64. The fourth-order valence-corrected chi connectivity index (χ4v) is 1.56. The Morgan fingerprint density at radius 3 is 3.00 bits per heavy atom. The van der Waals surface area contributed by atoms with Crippen LogP contribution in [0.3, 0.4) is 0 Å². The van der Waals surface area contributed by atoms with Crippen molar-refractivity contribution in [2.75, 3.05) is 0 Å². The molecule has 0 aliphatic heterocycles. The van der Waals surface area contributed by atoms with E-state index in [2.05, 4.69) is 15.5 Å². The monoisotopic (exact) mass is 182 g/mol. The van der Waals surface area contributed by atoms with Crippen LogP contribution in [0, 0.1) is 19.3 Å². The largest absolute Gasteiger partial charge is 0.387 e. The third kappa shape index (κ3) is 2.03. The summed E-state index contributed by atoms with van der Waals surface area (Å²) in [5.74, 6) is 2.48. The van der Waals surface area contributed by atoms with Crippen LogP contribution >= 0.6 is 11.5 Å². The smallest absolute Gasteiger partial charge is 0.0926 e. The van der Waals surface area contributed by atoms with Gasteiger partial charge in [0, 0.05) is 6.42 Å². The van der Waals surface area contributed by atoms with Gasteiger partial charge >= 0.3 is 0 Å². The maximum atomic E-state index is 9.56. The van der Waals surface area contributed by atoms with Gasteiger partial charge in [-0.25, -0.2) is 0 Å². The normalized spacial score (nSPS) is 12.4. The second-order valence-corrected chi connectivity index (χ2v) is 3.27. The number of hydrogen-bond acceptors (Lipinski definition) is 4. The van der Waals surface area contributed by atoms with Gasteiger partial charge in [-0.2, -0.15) is 0 Å². The van der Waals surface area contributed by atoms with Crippen LogP contribution in [0.15, 0.2) is 0 Å². The van der Waals surface area contributed by atoms with Gasteiger partial charge in [-0.05, 0) is 24.9 Å². The van der Waals surface area contributed by atoms with Crippen LogP contribution in [0.2, 0.25) is 0 Å². The summed E-state index contributed by atoms with van der Waals surface area (Å²) in [5.41, 5.74) is 0.796. The van der Waals surface area contributed by atoms with E-state index in [-0.39, 0.29) is 0 Å². The third-order valence-electron chi connectivity index (χ3n) is 1.55. The van der Waals surface area contributed by atoms with Crippen molar-refractivity contribution in [3.05, 3.63) is 10.6 Å². The summed E-state index contributed by atoms with van der Waals surface area (Å²) in [6, 6.07) is 0. The first-order valence-electron chi connectivity index (χ1n) is 3.66. The van der Waals surface area contributed by atoms with Crippen LogP contribution in [-0.4, -0.2) is 14.7 Å². The molecular weight excluding hydrogens is 172 g/mol. The SMILES string of the molecule is C#CCCC(O)c1snnc1C. The Bertz CT molecular complexity index is 289. The molecule has 4 heteroatoms. The van der Waals surface area contributed by atoms with Crippen molar-refractivity contribution in [1.29, 1.82) is 0 Å². The van der Waals surface area contributed by atoms with Gasteiger partial charge in [0.2, 0.25) is 0 Å². The van der Waals surface area contributed by atoms with Gasteiger partial charge in [0.25, 0.3) is 0 Å². The van der Waals surface area contributed by atoms with Gasteiger partial charge in [0.05, 0.1) is 16.7 Å². The lowest BCUT2D eigenvalue weighted by Gasteiger charge is -2.04. The number of terminal acetylenes is 1. The Hall–Kier alpha value is -0.920. The molecule has 0 spiro atoms. The Balaban J connectivity index is 2.60. The van der Waals surface area contributed by atoms with Crippen molar-refractivity contribution in [2.24, 2.45) is 0 Å². The van der Waals surface area contributed by atoms with Crippen LogP contribution in [0.4, 0.5) is 0 Å². The average Bonchev–Trinajstić information content (AvgIpc) is 2.47. The lowest BCUT2D eigenvalue weighted by atomic mass is 10.1. The van der Waals surface area contributed by atoms with Gasteiger partial charge in [-0.3, -0.25) is 0 Å². The van der Waals surface area contributed by atoms with E-state index in [4.69, 9.17) is 6.42 Å². The third-order valence-corrected chi connectivity index (χ3v) is 2.48.